The molecule has 0 aliphatic carbocycles. The molecule has 1 aliphatic rings. The molecule has 0 spiro atoms. The van der Waals surface area contributed by atoms with Crippen LogP contribution in [0, 0.1) is 19.8 Å². The van der Waals surface area contributed by atoms with Gasteiger partial charge in [0.1, 0.15) is 0 Å². The largest absolute Gasteiger partial charge is 0.493 e. The van der Waals surface area contributed by atoms with Crippen LogP contribution in [0.25, 0.3) is 0 Å². The first-order chi connectivity index (χ1) is 16.4. The highest BCUT2D eigenvalue weighted by molar-refractivity contribution is 6.00. The number of nitrogens with one attached hydrogen (secondary N) is 1. The van der Waals surface area contributed by atoms with Crippen molar-refractivity contribution in [3.05, 3.63) is 83.4 Å². The lowest BCUT2D eigenvalue weighted by Gasteiger charge is -2.41. The van der Waals surface area contributed by atoms with E-state index in [1.54, 1.807) is 19.1 Å². The minimum Gasteiger partial charge on any atom is -0.493 e. The molecule has 3 aromatic carbocycles. The third kappa shape index (κ3) is 4.76. The van der Waals surface area contributed by atoms with Gasteiger partial charge in [0.05, 0.1) is 26.2 Å². The maximum Gasteiger partial charge on any atom is 0.229 e. The average molecular weight is 459 g/mol. The fourth-order valence-electron chi connectivity index (χ4n) is 4.47. The molecule has 4 rings (SSSR count). The number of aryl methyl sites for hydroxylation is 2. The SMILES string of the molecule is COc1ccc([C@@H]2[C@@H](C(=O)Nc3ccc(C)cc3)CCC(=O)N2c2ccc(C)cc2)cc1OC. The topological polar surface area (TPSA) is 67.9 Å². The Kier molecular flexibility index (Phi) is 6.87. The van der Waals surface area contributed by atoms with Crippen molar-refractivity contribution in [2.75, 3.05) is 24.4 Å². The molecular formula is C28H30N2O4. The maximum absolute atomic E-state index is 13.5. The number of carbonyl (C=O) groups excluding carboxylic acids is 2. The highest BCUT2D eigenvalue weighted by Gasteiger charge is 2.41. The third-order valence-electron chi connectivity index (χ3n) is 6.31. The molecule has 0 aromatic heterocycles. The standard InChI is InChI=1S/C28H30N2O4/c1-18-5-10-21(11-6-18)29-28(32)23-14-16-26(31)30(22-12-7-19(2)8-13-22)27(23)20-9-15-24(33-3)25(17-20)34-4/h5-13,15,17,23,27H,14,16H2,1-4H3,(H,29,32)/t23-,27+/m0/s1. The molecule has 1 fully saturated rings. The van der Waals surface area contributed by atoms with Crippen molar-refractivity contribution >= 4 is 23.2 Å². The Morgan fingerprint density at radius 1 is 0.882 bits per heavy atom. The zero-order chi connectivity index (χ0) is 24.2. The predicted molar refractivity (Wildman–Crippen MR) is 133 cm³/mol. The van der Waals surface area contributed by atoms with Gasteiger partial charge in [-0.3, -0.25) is 9.59 Å². The van der Waals surface area contributed by atoms with Gasteiger partial charge in [-0.15, -0.1) is 0 Å². The number of benzene rings is 3. The minimum absolute atomic E-state index is 0.0111. The molecule has 6 nitrogen and oxygen atoms in total. The summed E-state index contributed by atoms with van der Waals surface area (Å²) in [5, 5.41) is 3.05. The predicted octanol–water partition coefficient (Wildman–Crippen LogP) is 5.44. The summed E-state index contributed by atoms with van der Waals surface area (Å²) in [6.07, 6.45) is 0.752. The van der Waals surface area contributed by atoms with Crippen molar-refractivity contribution in [3.8, 4) is 11.5 Å². The van der Waals surface area contributed by atoms with E-state index >= 15 is 0 Å². The molecule has 2 amide bonds. The summed E-state index contributed by atoms with van der Waals surface area (Å²) in [5.74, 6) is 0.574. The molecule has 1 heterocycles. The average Bonchev–Trinajstić information content (AvgIpc) is 2.85. The van der Waals surface area contributed by atoms with E-state index in [1.165, 1.54) is 0 Å². The van der Waals surface area contributed by atoms with Crippen molar-refractivity contribution < 1.29 is 19.1 Å². The normalized spacial score (nSPS) is 17.9. The van der Waals surface area contributed by atoms with Gasteiger partial charge in [-0.2, -0.15) is 0 Å². The van der Waals surface area contributed by atoms with E-state index in [0.717, 1.165) is 28.1 Å². The van der Waals surface area contributed by atoms with E-state index in [0.29, 0.717) is 24.3 Å². The second-order valence-electron chi connectivity index (χ2n) is 8.66. The second kappa shape index (κ2) is 10.00. The minimum atomic E-state index is -0.491. The molecule has 0 unspecified atom stereocenters. The fraction of sp³-hybridized carbons (Fsp3) is 0.286. The Morgan fingerprint density at radius 3 is 2.12 bits per heavy atom. The molecule has 3 aromatic rings. The Bertz CT molecular complexity index is 1170. The summed E-state index contributed by atoms with van der Waals surface area (Å²) >= 11 is 0. The van der Waals surface area contributed by atoms with Crippen molar-refractivity contribution in [1.82, 2.24) is 0 Å². The maximum atomic E-state index is 13.5. The van der Waals surface area contributed by atoms with Crippen molar-refractivity contribution in [2.45, 2.75) is 32.7 Å². The number of hydrogen-bond acceptors (Lipinski definition) is 4. The van der Waals surface area contributed by atoms with Gasteiger partial charge in [-0.05, 0) is 62.2 Å². The van der Waals surface area contributed by atoms with Gasteiger partial charge in [0, 0.05) is 17.8 Å². The molecule has 2 atom stereocenters. The van der Waals surface area contributed by atoms with Gasteiger partial charge < -0.3 is 19.7 Å². The molecule has 34 heavy (non-hydrogen) atoms. The number of methoxy groups -OCH3 is 2. The van der Waals surface area contributed by atoms with E-state index in [1.807, 2.05) is 80.6 Å². The van der Waals surface area contributed by atoms with Crippen LogP contribution in [0.1, 0.15) is 35.6 Å². The number of hydrogen-bond donors (Lipinski definition) is 1. The number of carbonyl (C=O) groups is 2. The number of anilines is 2. The molecule has 0 bridgehead atoms. The van der Waals surface area contributed by atoms with Gasteiger partial charge >= 0.3 is 0 Å². The monoisotopic (exact) mass is 458 g/mol. The molecule has 6 heteroatoms. The van der Waals surface area contributed by atoms with Gasteiger partial charge in [0.2, 0.25) is 11.8 Å². The van der Waals surface area contributed by atoms with Gasteiger partial charge in [0.15, 0.2) is 11.5 Å². The highest BCUT2D eigenvalue weighted by Crippen LogP contribution is 2.42. The van der Waals surface area contributed by atoms with Crippen molar-refractivity contribution in [2.24, 2.45) is 5.92 Å². The first-order valence-electron chi connectivity index (χ1n) is 11.4. The van der Waals surface area contributed by atoms with Crippen LogP contribution in [0.15, 0.2) is 66.7 Å². The van der Waals surface area contributed by atoms with E-state index in [4.69, 9.17) is 9.47 Å². The number of nitrogens with zero attached hydrogens (tertiary/aromatic N) is 1. The summed E-state index contributed by atoms with van der Waals surface area (Å²) in [6.45, 7) is 4.01. The first-order valence-corrected chi connectivity index (χ1v) is 11.4. The Hall–Kier alpha value is -3.80. The molecule has 1 saturated heterocycles. The molecule has 1 N–H and O–H groups in total. The van der Waals surface area contributed by atoms with Crippen LogP contribution in [0.4, 0.5) is 11.4 Å². The zero-order valence-electron chi connectivity index (χ0n) is 20.0. The summed E-state index contributed by atoms with van der Waals surface area (Å²) in [7, 11) is 3.16. The highest BCUT2D eigenvalue weighted by atomic mass is 16.5. The summed E-state index contributed by atoms with van der Waals surface area (Å²) in [6, 6.07) is 20.6. The number of piperidine rings is 1. The van der Waals surface area contributed by atoms with Crippen LogP contribution in [-0.4, -0.2) is 26.0 Å². The van der Waals surface area contributed by atoms with Gasteiger partial charge in [-0.25, -0.2) is 0 Å². The van der Waals surface area contributed by atoms with E-state index < -0.39 is 12.0 Å². The van der Waals surface area contributed by atoms with E-state index in [-0.39, 0.29) is 11.8 Å². The van der Waals surface area contributed by atoms with E-state index in [2.05, 4.69) is 5.32 Å². The van der Waals surface area contributed by atoms with Crippen LogP contribution in [0.5, 0.6) is 11.5 Å². The summed E-state index contributed by atoms with van der Waals surface area (Å²) in [4.78, 5) is 28.5. The first kappa shape index (κ1) is 23.4. The van der Waals surface area contributed by atoms with Crippen LogP contribution >= 0.6 is 0 Å². The number of ether oxygens (including phenoxy) is 2. The van der Waals surface area contributed by atoms with Crippen LogP contribution in [0.3, 0.4) is 0 Å². The molecule has 0 saturated carbocycles. The van der Waals surface area contributed by atoms with Gasteiger partial charge in [-0.1, -0.05) is 41.5 Å². The van der Waals surface area contributed by atoms with Crippen molar-refractivity contribution in [3.63, 3.8) is 0 Å². The smallest absolute Gasteiger partial charge is 0.229 e. The number of rotatable bonds is 6. The molecular weight excluding hydrogens is 428 g/mol. The van der Waals surface area contributed by atoms with Crippen LogP contribution in [0.2, 0.25) is 0 Å². The molecule has 0 radical (unpaired) electrons. The second-order valence-corrected chi connectivity index (χ2v) is 8.66. The Morgan fingerprint density at radius 2 is 1.50 bits per heavy atom. The molecule has 176 valence electrons. The Labute approximate surface area is 200 Å². The summed E-state index contributed by atoms with van der Waals surface area (Å²) in [5.41, 5.74) is 4.54. The van der Waals surface area contributed by atoms with Gasteiger partial charge in [0.25, 0.3) is 0 Å². The lowest BCUT2D eigenvalue weighted by molar-refractivity contribution is -0.125. The zero-order valence-corrected chi connectivity index (χ0v) is 20.0. The lowest BCUT2D eigenvalue weighted by Crippen LogP contribution is -2.47. The third-order valence-corrected chi connectivity index (χ3v) is 6.31. The summed E-state index contributed by atoms with van der Waals surface area (Å²) < 4.78 is 10.9. The number of amides is 2. The van der Waals surface area contributed by atoms with E-state index in [9.17, 15) is 9.59 Å². The fourth-order valence-corrected chi connectivity index (χ4v) is 4.47. The molecule has 1 aliphatic heterocycles. The quantitative estimate of drug-likeness (QED) is 0.534. The van der Waals surface area contributed by atoms with Crippen LogP contribution < -0.4 is 19.7 Å². The Balaban J connectivity index is 1.77. The van der Waals surface area contributed by atoms with Crippen LogP contribution in [-0.2, 0) is 9.59 Å². The van der Waals surface area contributed by atoms with Crippen molar-refractivity contribution in [1.29, 1.82) is 0 Å². The lowest BCUT2D eigenvalue weighted by atomic mass is 9.83.